The Morgan fingerprint density at radius 3 is 2.64 bits per heavy atom. The summed E-state index contributed by atoms with van der Waals surface area (Å²) < 4.78 is 7.40. The second kappa shape index (κ2) is 7.19. The molecular weight excluding hydrogens is 314 g/mol. The predicted molar refractivity (Wildman–Crippen MR) is 96.3 cm³/mol. The quantitative estimate of drug-likeness (QED) is 0.716. The fourth-order valence-electron chi connectivity index (χ4n) is 3.59. The summed E-state index contributed by atoms with van der Waals surface area (Å²) in [6, 6.07) is 10.7. The van der Waals surface area contributed by atoms with Crippen molar-refractivity contribution >= 4 is 11.2 Å². The SMILES string of the molecule is COc1ncnc2c1ncn2CC1CCN(Cc2ccccc2)CC1. The van der Waals surface area contributed by atoms with E-state index in [9.17, 15) is 0 Å². The molecule has 4 rings (SSSR count). The predicted octanol–water partition coefficient (Wildman–Crippen LogP) is 2.75. The van der Waals surface area contributed by atoms with Gasteiger partial charge in [0.1, 0.15) is 6.33 Å². The van der Waals surface area contributed by atoms with E-state index < -0.39 is 0 Å². The number of likely N-dealkylation sites (tertiary alicyclic amines) is 1. The maximum absolute atomic E-state index is 5.27. The number of piperidine rings is 1. The van der Waals surface area contributed by atoms with Crippen molar-refractivity contribution in [3.8, 4) is 5.88 Å². The molecule has 25 heavy (non-hydrogen) atoms. The molecule has 6 heteroatoms. The zero-order valence-electron chi connectivity index (χ0n) is 14.5. The highest BCUT2D eigenvalue weighted by molar-refractivity contribution is 5.75. The van der Waals surface area contributed by atoms with Crippen molar-refractivity contribution in [2.45, 2.75) is 25.9 Å². The van der Waals surface area contributed by atoms with E-state index in [4.69, 9.17) is 4.74 Å². The topological polar surface area (TPSA) is 56.1 Å². The molecule has 0 N–H and O–H groups in total. The molecule has 6 nitrogen and oxygen atoms in total. The Balaban J connectivity index is 1.37. The van der Waals surface area contributed by atoms with E-state index in [1.54, 1.807) is 13.4 Å². The standard InChI is InChI=1S/C19H23N5O/c1-25-19-17-18(20-13-21-19)24(14-22-17)12-16-7-9-23(10-8-16)11-15-5-3-2-4-6-15/h2-6,13-14,16H,7-12H2,1H3. The van der Waals surface area contributed by atoms with Gasteiger partial charge in [0.25, 0.3) is 0 Å². The first-order valence-corrected chi connectivity index (χ1v) is 8.79. The second-order valence-corrected chi connectivity index (χ2v) is 6.66. The summed E-state index contributed by atoms with van der Waals surface area (Å²) in [5, 5.41) is 0. The average Bonchev–Trinajstić information content (AvgIpc) is 3.07. The lowest BCUT2D eigenvalue weighted by atomic mass is 9.96. The highest BCUT2D eigenvalue weighted by Gasteiger charge is 2.21. The number of fused-ring (bicyclic) bond motifs is 1. The molecule has 130 valence electrons. The lowest BCUT2D eigenvalue weighted by Gasteiger charge is -2.32. The summed E-state index contributed by atoms with van der Waals surface area (Å²) in [5.74, 6) is 1.20. The molecule has 0 saturated carbocycles. The van der Waals surface area contributed by atoms with Crippen molar-refractivity contribution in [3.63, 3.8) is 0 Å². The molecule has 1 saturated heterocycles. The van der Waals surface area contributed by atoms with Gasteiger partial charge in [0.15, 0.2) is 11.2 Å². The van der Waals surface area contributed by atoms with Gasteiger partial charge in [-0.3, -0.25) is 4.90 Å². The minimum Gasteiger partial charge on any atom is -0.479 e. The largest absolute Gasteiger partial charge is 0.479 e. The summed E-state index contributed by atoms with van der Waals surface area (Å²) >= 11 is 0. The Kier molecular flexibility index (Phi) is 4.61. The van der Waals surface area contributed by atoms with Crippen LogP contribution < -0.4 is 4.74 Å². The zero-order valence-corrected chi connectivity index (χ0v) is 14.5. The number of hydrogen-bond donors (Lipinski definition) is 0. The zero-order chi connectivity index (χ0) is 17.1. The Labute approximate surface area is 147 Å². The van der Waals surface area contributed by atoms with Crippen molar-refractivity contribution in [1.29, 1.82) is 0 Å². The van der Waals surface area contributed by atoms with Crippen molar-refractivity contribution in [3.05, 3.63) is 48.5 Å². The fourth-order valence-corrected chi connectivity index (χ4v) is 3.59. The van der Waals surface area contributed by atoms with Gasteiger partial charge in [-0.1, -0.05) is 30.3 Å². The number of nitrogens with zero attached hydrogens (tertiary/aromatic N) is 5. The number of ether oxygens (including phenoxy) is 1. The number of aromatic nitrogens is 4. The fraction of sp³-hybridized carbons (Fsp3) is 0.421. The van der Waals surface area contributed by atoms with E-state index in [1.807, 2.05) is 6.33 Å². The lowest BCUT2D eigenvalue weighted by Crippen LogP contribution is -2.34. The van der Waals surface area contributed by atoms with Gasteiger partial charge in [0.05, 0.1) is 13.4 Å². The first-order chi connectivity index (χ1) is 12.3. The molecule has 3 heterocycles. The molecule has 0 radical (unpaired) electrons. The monoisotopic (exact) mass is 337 g/mol. The lowest BCUT2D eigenvalue weighted by molar-refractivity contribution is 0.168. The first-order valence-electron chi connectivity index (χ1n) is 8.79. The molecule has 1 aromatic carbocycles. The second-order valence-electron chi connectivity index (χ2n) is 6.66. The molecule has 1 aliphatic rings. The highest BCUT2D eigenvalue weighted by atomic mass is 16.5. The normalized spacial score (nSPS) is 16.4. The van der Waals surface area contributed by atoms with Gasteiger partial charge in [-0.15, -0.1) is 0 Å². The third-order valence-electron chi connectivity index (χ3n) is 4.97. The minimum absolute atomic E-state index is 0.543. The molecule has 3 aromatic rings. The maximum atomic E-state index is 5.27. The van der Waals surface area contributed by atoms with Crippen LogP contribution in [-0.2, 0) is 13.1 Å². The summed E-state index contributed by atoms with van der Waals surface area (Å²) in [6.07, 6.45) is 5.81. The van der Waals surface area contributed by atoms with Gasteiger partial charge >= 0.3 is 0 Å². The van der Waals surface area contributed by atoms with E-state index in [1.165, 1.54) is 18.4 Å². The van der Waals surface area contributed by atoms with Crippen LogP contribution in [0.15, 0.2) is 43.0 Å². The molecule has 0 bridgehead atoms. The molecule has 0 unspecified atom stereocenters. The average molecular weight is 337 g/mol. The van der Waals surface area contributed by atoms with Crippen LogP contribution in [0.1, 0.15) is 18.4 Å². The molecule has 2 aromatic heterocycles. The van der Waals surface area contributed by atoms with Crippen LogP contribution in [0.2, 0.25) is 0 Å². The number of imidazole rings is 1. The van der Waals surface area contributed by atoms with Gasteiger partial charge in [-0.2, -0.15) is 4.98 Å². The third kappa shape index (κ3) is 3.49. The molecule has 0 amide bonds. The number of benzene rings is 1. The Morgan fingerprint density at radius 1 is 1.08 bits per heavy atom. The van der Waals surface area contributed by atoms with Crippen molar-refractivity contribution in [1.82, 2.24) is 24.4 Å². The van der Waals surface area contributed by atoms with Gasteiger partial charge < -0.3 is 9.30 Å². The summed E-state index contributed by atoms with van der Waals surface area (Å²) in [4.78, 5) is 15.5. The van der Waals surface area contributed by atoms with Crippen LogP contribution in [0, 0.1) is 5.92 Å². The van der Waals surface area contributed by atoms with Gasteiger partial charge in [0.2, 0.25) is 5.88 Å². The van der Waals surface area contributed by atoms with Crippen LogP contribution in [0.4, 0.5) is 0 Å². The van der Waals surface area contributed by atoms with Crippen LogP contribution in [0.25, 0.3) is 11.2 Å². The van der Waals surface area contributed by atoms with E-state index in [0.29, 0.717) is 11.8 Å². The van der Waals surface area contributed by atoms with Gasteiger partial charge in [-0.05, 0) is 37.4 Å². The number of hydrogen-bond acceptors (Lipinski definition) is 5. The Morgan fingerprint density at radius 2 is 1.88 bits per heavy atom. The van der Waals surface area contributed by atoms with Gasteiger partial charge in [0, 0.05) is 13.1 Å². The van der Waals surface area contributed by atoms with E-state index in [2.05, 4.69) is 54.8 Å². The van der Waals surface area contributed by atoms with Crippen molar-refractivity contribution in [2.24, 2.45) is 5.92 Å². The molecule has 0 spiro atoms. The number of rotatable bonds is 5. The summed E-state index contributed by atoms with van der Waals surface area (Å²) in [7, 11) is 1.61. The van der Waals surface area contributed by atoms with Crippen LogP contribution in [0.5, 0.6) is 5.88 Å². The summed E-state index contributed by atoms with van der Waals surface area (Å²) in [5.41, 5.74) is 3.00. The molecular formula is C19H23N5O. The van der Waals surface area contributed by atoms with Crippen molar-refractivity contribution < 1.29 is 4.74 Å². The Bertz CT molecular complexity index is 824. The minimum atomic E-state index is 0.543. The molecule has 0 atom stereocenters. The van der Waals surface area contributed by atoms with Crippen LogP contribution in [-0.4, -0.2) is 44.6 Å². The van der Waals surface area contributed by atoms with Gasteiger partial charge in [-0.25, -0.2) is 9.97 Å². The van der Waals surface area contributed by atoms with Crippen LogP contribution >= 0.6 is 0 Å². The third-order valence-corrected chi connectivity index (χ3v) is 4.97. The summed E-state index contributed by atoms with van der Waals surface area (Å²) in [6.45, 7) is 4.29. The number of methoxy groups -OCH3 is 1. The van der Waals surface area contributed by atoms with E-state index >= 15 is 0 Å². The van der Waals surface area contributed by atoms with Crippen LogP contribution in [0.3, 0.4) is 0 Å². The molecule has 0 aliphatic carbocycles. The highest BCUT2D eigenvalue weighted by Crippen LogP contribution is 2.24. The van der Waals surface area contributed by atoms with E-state index in [-0.39, 0.29) is 0 Å². The van der Waals surface area contributed by atoms with Crippen molar-refractivity contribution in [2.75, 3.05) is 20.2 Å². The van der Waals surface area contributed by atoms with E-state index in [0.717, 1.165) is 37.3 Å². The maximum Gasteiger partial charge on any atom is 0.245 e. The molecule has 1 aliphatic heterocycles. The Hall–Kier alpha value is -2.47. The smallest absolute Gasteiger partial charge is 0.245 e. The first kappa shape index (κ1) is 16.0. The molecule has 1 fully saturated rings.